The van der Waals surface area contributed by atoms with Crippen LogP contribution < -0.4 is 4.80 Å². The molecule has 0 unspecified atom stereocenters. The third kappa shape index (κ3) is 3.05. The monoisotopic (exact) mass is 331 g/mol. The van der Waals surface area contributed by atoms with Gasteiger partial charge in [-0.25, -0.2) is 4.68 Å². The first-order valence-corrected chi connectivity index (χ1v) is 7.93. The summed E-state index contributed by atoms with van der Waals surface area (Å²) in [6.07, 6.45) is 1.68. The van der Waals surface area contributed by atoms with Crippen molar-refractivity contribution >= 4 is 29.2 Å². The molecular formula is C16H14ClN3OS. The zero-order valence-corrected chi connectivity index (χ0v) is 13.7. The van der Waals surface area contributed by atoms with E-state index < -0.39 is 0 Å². The summed E-state index contributed by atoms with van der Waals surface area (Å²) in [5, 5.41) is 7.20. The van der Waals surface area contributed by atoms with Crippen LogP contribution in [0.3, 0.4) is 0 Å². The largest absolute Gasteiger partial charge is 0.460 e. The van der Waals surface area contributed by atoms with Crippen molar-refractivity contribution in [1.29, 1.82) is 0 Å². The van der Waals surface area contributed by atoms with Crippen LogP contribution in [0.25, 0.3) is 11.3 Å². The van der Waals surface area contributed by atoms with Gasteiger partial charge in [-0.3, -0.25) is 4.99 Å². The minimum absolute atomic E-state index is 0.691. The van der Waals surface area contributed by atoms with Gasteiger partial charge in [-0.05, 0) is 31.2 Å². The van der Waals surface area contributed by atoms with E-state index in [0.717, 1.165) is 21.8 Å². The van der Waals surface area contributed by atoms with Crippen LogP contribution in [0, 0.1) is 6.92 Å². The molecule has 0 N–H and O–H groups in total. The molecule has 112 valence electrons. The van der Waals surface area contributed by atoms with Gasteiger partial charge in [0.25, 0.3) is 0 Å². The van der Waals surface area contributed by atoms with Crippen molar-refractivity contribution < 1.29 is 4.42 Å². The van der Waals surface area contributed by atoms with E-state index >= 15 is 0 Å². The van der Waals surface area contributed by atoms with E-state index in [-0.39, 0.29) is 0 Å². The third-order valence-electron chi connectivity index (χ3n) is 3.06. The molecule has 0 amide bonds. The minimum Gasteiger partial charge on any atom is -0.460 e. The number of aromatic nitrogens is 1. The Balaban J connectivity index is 2.06. The van der Waals surface area contributed by atoms with E-state index in [4.69, 9.17) is 16.0 Å². The van der Waals surface area contributed by atoms with Crippen molar-refractivity contribution in [2.45, 2.75) is 6.92 Å². The summed E-state index contributed by atoms with van der Waals surface area (Å²) < 4.78 is 7.29. The van der Waals surface area contributed by atoms with Crippen LogP contribution in [0.1, 0.15) is 11.5 Å². The van der Waals surface area contributed by atoms with Crippen molar-refractivity contribution in [3.63, 3.8) is 0 Å². The number of rotatable bonds is 3. The number of furan rings is 1. The molecule has 0 atom stereocenters. The fourth-order valence-electron chi connectivity index (χ4n) is 2.05. The molecule has 0 radical (unpaired) electrons. The Hall–Kier alpha value is -2.11. The maximum absolute atomic E-state index is 6.08. The van der Waals surface area contributed by atoms with Crippen LogP contribution in [0.4, 0.5) is 0 Å². The maximum Gasteiger partial charge on any atom is 0.205 e. The van der Waals surface area contributed by atoms with Crippen LogP contribution >= 0.6 is 22.9 Å². The molecule has 1 aromatic carbocycles. The van der Waals surface area contributed by atoms with Gasteiger partial charge in [0.2, 0.25) is 4.80 Å². The molecule has 0 spiro atoms. The van der Waals surface area contributed by atoms with Crippen LogP contribution in [-0.2, 0) is 0 Å². The van der Waals surface area contributed by atoms with Gasteiger partial charge in [0.1, 0.15) is 11.5 Å². The Morgan fingerprint density at radius 2 is 2.14 bits per heavy atom. The second-order valence-corrected chi connectivity index (χ2v) is 5.92. The van der Waals surface area contributed by atoms with Crippen LogP contribution in [0.5, 0.6) is 0 Å². The number of hydrogen-bond donors (Lipinski definition) is 0. The lowest BCUT2D eigenvalue weighted by Gasteiger charge is -2.03. The summed E-state index contributed by atoms with van der Waals surface area (Å²) in [4.78, 5) is 5.06. The molecule has 2 aromatic heterocycles. The van der Waals surface area contributed by atoms with Crippen molar-refractivity contribution in [1.82, 2.24) is 4.68 Å². The van der Waals surface area contributed by atoms with E-state index in [1.165, 1.54) is 11.3 Å². The Kier molecular flexibility index (Phi) is 4.27. The third-order valence-corrected chi connectivity index (χ3v) is 4.20. The Morgan fingerprint density at radius 3 is 2.82 bits per heavy atom. The van der Waals surface area contributed by atoms with Gasteiger partial charge in [-0.2, -0.15) is 5.10 Å². The number of thiazole rings is 1. The Morgan fingerprint density at radius 1 is 1.27 bits per heavy atom. The fourth-order valence-corrected chi connectivity index (χ4v) is 3.04. The first-order chi connectivity index (χ1) is 10.7. The zero-order valence-electron chi connectivity index (χ0n) is 12.2. The van der Waals surface area contributed by atoms with E-state index in [1.54, 1.807) is 17.9 Å². The van der Waals surface area contributed by atoms with Gasteiger partial charge < -0.3 is 4.42 Å². The van der Waals surface area contributed by atoms with Crippen molar-refractivity contribution in [3.05, 3.63) is 63.1 Å². The van der Waals surface area contributed by atoms with E-state index in [2.05, 4.69) is 10.1 Å². The molecule has 4 nitrogen and oxygen atoms in total. The lowest BCUT2D eigenvalue weighted by molar-refractivity contribution is 0.527. The fraction of sp³-hybridized carbons (Fsp3) is 0.125. The van der Waals surface area contributed by atoms with Gasteiger partial charge in [-0.1, -0.05) is 23.7 Å². The zero-order chi connectivity index (χ0) is 15.5. The summed E-state index contributed by atoms with van der Waals surface area (Å²) >= 11 is 7.61. The highest BCUT2D eigenvalue weighted by atomic mass is 35.5. The predicted octanol–water partition coefficient (Wildman–Crippen LogP) is 4.18. The number of hydrogen-bond acceptors (Lipinski definition) is 4. The molecular weight excluding hydrogens is 318 g/mol. The molecule has 0 saturated heterocycles. The number of halogens is 1. The Labute approximate surface area is 137 Å². The quantitative estimate of drug-likeness (QED) is 0.664. The molecule has 0 aliphatic heterocycles. The summed E-state index contributed by atoms with van der Waals surface area (Å²) in [5.74, 6) is 1.56. The van der Waals surface area contributed by atoms with Crippen molar-refractivity contribution in [2.24, 2.45) is 10.1 Å². The number of aryl methyl sites for hydroxylation is 1. The molecule has 3 rings (SSSR count). The van der Waals surface area contributed by atoms with Crippen molar-refractivity contribution in [2.75, 3.05) is 7.05 Å². The molecule has 0 fully saturated rings. The van der Waals surface area contributed by atoms with Gasteiger partial charge in [0.15, 0.2) is 0 Å². The average molecular weight is 332 g/mol. The topological polar surface area (TPSA) is 42.8 Å². The van der Waals surface area contributed by atoms with Crippen LogP contribution in [0.15, 0.2) is 56.3 Å². The van der Waals surface area contributed by atoms with Crippen molar-refractivity contribution in [3.8, 4) is 11.3 Å². The Bertz CT molecular complexity index is 889. The highest BCUT2D eigenvalue weighted by molar-refractivity contribution is 7.07. The van der Waals surface area contributed by atoms with Crippen LogP contribution in [0.2, 0.25) is 5.02 Å². The van der Waals surface area contributed by atoms with Gasteiger partial charge in [0, 0.05) is 23.0 Å². The van der Waals surface area contributed by atoms with E-state index in [9.17, 15) is 0 Å². The molecule has 3 aromatic rings. The first-order valence-electron chi connectivity index (χ1n) is 6.67. The summed E-state index contributed by atoms with van der Waals surface area (Å²) in [5.41, 5.74) is 1.93. The normalized spacial score (nSPS) is 12.4. The molecule has 22 heavy (non-hydrogen) atoms. The maximum atomic E-state index is 6.08. The molecule has 0 aliphatic rings. The minimum atomic E-state index is 0.691. The average Bonchev–Trinajstić information content (AvgIpc) is 3.10. The summed E-state index contributed by atoms with van der Waals surface area (Å²) in [6.45, 7) is 1.90. The van der Waals surface area contributed by atoms with Gasteiger partial charge >= 0.3 is 0 Å². The molecule has 2 heterocycles. The van der Waals surface area contributed by atoms with Gasteiger partial charge in [-0.15, -0.1) is 11.3 Å². The lowest BCUT2D eigenvalue weighted by Crippen LogP contribution is -2.11. The summed E-state index contributed by atoms with van der Waals surface area (Å²) in [7, 11) is 1.75. The SMILES string of the molecule is CN=c1scc(-c2cccc(Cl)c2)n1N=Cc1ccc(C)o1. The molecule has 0 bridgehead atoms. The van der Waals surface area contributed by atoms with Gasteiger partial charge in [0.05, 0.1) is 11.9 Å². The second-order valence-electron chi connectivity index (χ2n) is 4.64. The highest BCUT2D eigenvalue weighted by Gasteiger charge is 2.07. The highest BCUT2D eigenvalue weighted by Crippen LogP contribution is 2.23. The van der Waals surface area contributed by atoms with E-state index in [0.29, 0.717) is 10.8 Å². The first kappa shape index (κ1) is 14.8. The lowest BCUT2D eigenvalue weighted by atomic mass is 10.2. The van der Waals surface area contributed by atoms with E-state index in [1.807, 2.05) is 48.7 Å². The van der Waals surface area contributed by atoms with Crippen LogP contribution in [-0.4, -0.2) is 17.9 Å². The number of benzene rings is 1. The molecule has 0 saturated carbocycles. The standard InChI is InChI=1S/C16H14ClN3OS/c1-11-6-7-14(21-11)9-19-20-15(10-22-16(20)18-2)12-4-3-5-13(17)8-12/h3-10H,1-2H3. The summed E-state index contributed by atoms with van der Waals surface area (Å²) in [6, 6.07) is 11.5. The predicted molar refractivity (Wildman–Crippen MR) is 90.7 cm³/mol. The smallest absolute Gasteiger partial charge is 0.205 e. The number of nitrogens with zero attached hydrogens (tertiary/aromatic N) is 3. The molecule has 0 aliphatic carbocycles. The second kappa shape index (κ2) is 6.34. The molecule has 6 heteroatoms.